The molecule has 8 nitrogen and oxygen atoms in total. The minimum Gasteiger partial charge on any atom is -0.477 e. The third-order valence-electron chi connectivity index (χ3n) is 5.18. The Kier molecular flexibility index (Phi) is 7.12. The van der Waals surface area contributed by atoms with E-state index in [1.807, 2.05) is 36.9 Å². The van der Waals surface area contributed by atoms with Crippen molar-refractivity contribution in [1.82, 2.24) is 10.2 Å². The van der Waals surface area contributed by atoms with Gasteiger partial charge >= 0.3 is 0 Å². The summed E-state index contributed by atoms with van der Waals surface area (Å²) in [5.41, 5.74) is 1.83. The second-order valence-corrected chi connectivity index (χ2v) is 7.18. The van der Waals surface area contributed by atoms with E-state index in [2.05, 4.69) is 10.6 Å². The van der Waals surface area contributed by atoms with Crippen LogP contribution in [0.3, 0.4) is 0 Å². The maximum absolute atomic E-state index is 12.8. The van der Waals surface area contributed by atoms with Crippen LogP contribution < -0.4 is 20.3 Å². The maximum Gasteiger partial charge on any atom is 0.262 e. The van der Waals surface area contributed by atoms with E-state index in [4.69, 9.17) is 4.74 Å². The lowest BCUT2D eigenvalue weighted by Crippen LogP contribution is -2.50. The SMILES string of the molecule is CCN(CC)C(=O)c1cccc(NC(=O)CN2C[C@H](C(=O)NC)Oc3ccccc32)c1. The molecule has 8 heteroatoms. The van der Waals surface area contributed by atoms with Gasteiger partial charge in [-0.2, -0.15) is 0 Å². The zero-order chi connectivity index (χ0) is 22.4. The quantitative estimate of drug-likeness (QED) is 0.711. The van der Waals surface area contributed by atoms with Crippen LogP contribution >= 0.6 is 0 Å². The highest BCUT2D eigenvalue weighted by molar-refractivity contribution is 5.98. The van der Waals surface area contributed by atoms with E-state index in [9.17, 15) is 14.4 Å². The molecule has 31 heavy (non-hydrogen) atoms. The third kappa shape index (κ3) is 5.14. The molecule has 164 valence electrons. The van der Waals surface area contributed by atoms with Gasteiger partial charge in [-0.1, -0.05) is 18.2 Å². The fourth-order valence-corrected chi connectivity index (χ4v) is 3.55. The van der Waals surface area contributed by atoms with Gasteiger partial charge in [0.2, 0.25) is 5.91 Å². The van der Waals surface area contributed by atoms with E-state index in [1.54, 1.807) is 42.3 Å². The maximum atomic E-state index is 12.8. The Morgan fingerprint density at radius 1 is 1.10 bits per heavy atom. The highest BCUT2D eigenvalue weighted by Crippen LogP contribution is 2.33. The summed E-state index contributed by atoms with van der Waals surface area (Å²) in [5.74, 6) is -0.0130. The number of nitrogens with zero attached hydrogens (tertiary/aromatic N) is 2. The van der Waals surface area contributed by atoms with Gasteiger partial charge < -0.3 is 25.2 Å². The summed E-state index contributed by atoms with van der Waals surface area (Å²) in [6.45, 7) is 5.40. The number of benzene rings is 2. The van der Waals surface area contributed by atoms with Gasteiger partial charge in [0.15, 0.2) is 6.10 Å². The molecule has 0 radical (unpaired) electrons. The van der Waals surface area contributed by atoms with Gasteiger partial charge in [0.25, 0.3) is 11.8 Å². The van der Waals surface area contributed by atoms with Gasteiger partial charge in [0.05, 0.1) is 18.8 Å². The molecule has 3 amide bonds. The number of para-hydroxylation sites is 2. The lowest BCUT2D eigenvalue weighted by atomic mass is 10.1. The predicted octanol–water partition coefficient (Wildman–Crippen LogP) is 2.12. The summed E-state index contributed by atoms with van der Waals surface area (Å²) in [6.07, 6.45) is -0.706. The zero-order valence-corrected chi connectivity index (χ0v) is 18.1. The van der Waals surface area contributed by atoms with Crippen molar-refractivity contribution in [2.24, 2.45) is 0 Å². The van der Waals surface area contributed by atoms with Crippen LogP contribution in [0, 0.1) is 0 Å². The fourth-order valence-electron chi connectivity index (χ4n) is 3.55. The van der Waals surface area contributed by atoms with Crippen molar-refractivity contribution in [3.63, 3.8) is 0 Å². The van der Waals surface area contributed by atoms with Crippen molar-refractivity contribution in [2.75, 3.05) is 43.4 Å². The lowest BCUT2D eigenvalue weighted by molar-refractivity contribution is -0.127. The highest BCUT2D eigenvalue weighted by Gasteiger charge is 2.31. The Labute approximate surface area is 182 Å². The molecule has 1 atom stereocenters. The molecule has 1 aliphatic rings. The molecule has 0 spiro atoms. The number of hydrogen-bond donors (Lipinski definition) is 2. The van der Waals surface area contributed by atoms with Crippen LogP contribution in [-0.4, -0.2) is 62.0 Å². The van der Waals surface area contributed by atoms with Crippen molar-refractivity contribution < 1.29 is 19.1 Å². The number of nitrogens with one attached hydrogen (secondary N) is 2. The Bertz CT molecular complexity index is 958. The van der Waals surface area contributed by atoms with Gasteiger partial charge in [0, 0.05) is 31.4 Å². The molecule has 2 N–H and O–H groups in total. The van der Waals surface area contributed by atoms with Crippen LogP contribution in [-0.2, 0) is 9.59 Å². The molecule has 2 aromatic carbocycles. The average Bonchev–Trinajstić information content (AvgIpc) is 2.79. The van der Waals surface area contributed by atoms with Crippen LogP contribution in [0.5, 0.6) is 5.75 Å². The molecule has 0 aromatic heterocycles. The Morgan fingerprint density at radius 2 is 1.84 bits per heavy atom. The van der Waals surface area contributed by atoms with Crippen LogP contribution in [0.1, 0.15) is 24.2 Å². The first-order valence-corrected chi connectivity index (χ1v) is 10.4. The number of fused-ring (bicyclic) bond motifs is 1. The molecule has 3 rings (SSSR count). The molecule has 1 heterocycles. The van der Waals surface area contributed by atoms with E-state index in [-0.39, 0.29) is 30.8 Å². The number of carbonyl (C=O) groups is 3. The van der Waals surface area contributed by atoms with Gasteiger partial charge in [-0.25, -0.2) is 0 Å². The molecule has 1 aliphatic heterocycles. The second kappa shape index (κ2) is 9.97. The Morgan fingerprint density at radius 3 is 2.55 bits per heavy atom. The van der Waals surface area contributed by atoms with E-state index < -0.39 is 6.10 Å². The first kappa shape index (κ1) is 22.1. The average molecular weight is 425 g/mol. The summed E-state index contributed by atoms with van der Waals surface area (Å²) < 4.78 is 5.77. The highest BCUT2D eigenvalue weighted by atomic mass is 16.5. The summed E-state index contributed by atoms with van der Waals surface area (Å²) in [5, 5.41) is 5.44. The van der Waals surface area contributed by atoms with Crippen LogP contribution in [0.2, 0.25) is 0 Å². The van der Waals surface area contributed by atoms with E-state index in [0.29, 0.717) is 30.1 Å². The Balaban J connectivity index is 1.72. The molecule has 0 saturated carbocycles. The van der Waals surface area contributed by atoms with Crippen molar-refractivity contribution in [1.29, 1.82) is 0 Å². The number of rotatable bonds is 7. The zero-order valence-electron chi connectivity index (χ0n) is 18.1. The number of anilines is 2. The lowest BCUT2D eigenvalue weighted by Gasteiger charge is -2.35. The molecule has 0 aliphatic carbocycles. The fraction of sp³-hybridized carbons (Fsp3) is 0.348. The van der Waals surface area contributed by atoms with Crippen LogP contribution in [0.25, 0.3) is 0 Å². The Hall–Kier alpha value is -3.55. The van der Waals surface area contributed by atoms with Crippen molar-refractivity contribution in [3.05, 3.63) is 54.1 Å². The van der Waals surface area contributed by atoms with Crippen LogP contribution in [0.15, 0.2) is 48.5 Å². The van der Waals surface area contributed by atoms with Gasteiger partial charge in [-0.05, 0) is 44.2 Å². The summed E-state index contributed by atoms with van der Waals surface area (Å²) in [6, 6.07) is 14.2. The summed E-state index contributed by atoms with van der Waals surface area (Å²) in [4.78, 5) is 41.0. The summed E-state index contributed by atoms with van der Waals surface area (Å²) in [7, 11) is 1.55. The molecule has 0 bridgehead atoms. The predicted molar refractivity (Wildman–Crippen MR) is 119 cm³/mol. The number of carbonyl (C=O) groups excluding carboxylic acids is 3. The standard InChI is InChI=1S/C23H28N4O4/c1-4-26(5-2)23(30)16-9-8-10-17(13-16)25-21(28)15-27-14-20(22(29)24-3)31-19-12-7-6-11-18(19)27/h6-13,20H,4-5,14-15H2,1-3H3,(H,24,29)(H,25,28)/t20-/m1/s1. The molecule has 0 saturated heterocycles. The molecule has 2 aromatic rings. The van der Waals surface area contributed by atoms with Crippen molar-refractivity contribution >= 4 is 29.1 Å². The minimum atomic E-state index is -0.706. The largest absolute Gasteiger partial charge is 0.477 e. The monoisotopic (exact) mass is 424 g/mol. The topological polar surface area (TPSA) is 91.0 Å². The van der Waals surface area contributed by atoms with Gasteiger partial charge in [0.1, 0.15) is 5.75 Å². The molecular weight excluding hydrogens is 396 g/mol. The van der Waals surface area contributed by atoms with E-state index >= 15 is 0 Å². The minimum absolute atomic E-state index is 0.0437. The number of ether oxygens (including phenoxy) is 1. The van der Waals surface area contributed by atoms with Crippen molar-refractivity contribution in [2.45, 2.75) is 20.0 Å². The van der Waals surface area contributed by atoms with Crippen LogP contribution in [0.4, 0.5) is 11.4 Å². The van der Waals surface area contributed by atoms with Gasteiger partial charge in [-0.3, -0.25) is 14.4 Å². The normalized spacial score (nSPS) is 14.8. The first-order valence-electron chi connectivity index (χ1n) is 10.4. The smallest absolute Gasteiger partial charge is 0.262 e. The molecule has 0 unspecified atom stereocenters. The van der Waals surface area contributed by atoms with Crippen molar-refractivity contribution in [3.8, 4) is 5.75 Å². The third-order valence-corrected chi connectivity index (χ3v) is 5.18. The van der Waals surface area contributed by atoms with Gasteiger partial charge in [-0.15, -0.1) is 0 Å². The second-order valence-electron chi connectivity index (χ2n) is 7.18. The molecular formula is C23H28N4O4. The van der Waals surface area contributed by atoms with E-state index in [0.717, 1.165) is 5.69 Å². The number of hydrogen-bond acceptors (Lipinski definition) is 5. The number of amides is 3. The van der Waals surface area contributed by atoms with E-state index in [1.165, 1.54) is 0 Å². The summed E-state index contributed by atoms with van der Waals surface area (Å²) >= 11 is 0. The number of likely N-dealkylation sites (N-methyl/N-ethyl adjacent to an activating group) is 1. The molecule has 0 fully saturated rings. The first-order chi connectivity index (χ1) is 15.0.